The van der Waals surface area contributed by atoms with E-state index in [0.29, 0.717) is 41.1 Å². The van der Waals surface area contributed by atoms with Crippen LogP contribution in [0.1, 0.15) is 22.8 Å². The van der Waals surface area contributed by atoms with Crippen LogP contribution in [0, 0.1) is 0 Å². The highest BCUT2D eigenvalue weighted by Gasteiger charge is 2.38. The van der Waals surface area contributed by atoms with Crippen LogP contribution in [0.4, 0.5) is 5.82 Å². The van der Waals surface area contributed by atoms with Crippen LogP contribution in [-0.2, 0) is 14.3 Å². The molecule has 0 aliphatic carbocycles. The zero-order valence-corrected chi connectivity index (χ0v) is 24.2. The van der Waals surface area contributed by atoms with Gasteiger partial charge in [-0.3, -0.25) is 14.5 Å². The molecule has 1 aliphatic heterocycles. The molecule has 0 radical (unpaired) electrons. The number of carbonyl (C=O) groups excluding carboxylic acids is 2. The molecule has 0 bridgehead atoms. The molecule has 0 saturated heterocycles. The molecule has 202 valence electrons. The van der Waals surface area contributed by atoms with Crippen LogP contribution < -0.4 is 10.2 Å². The first kappa shape index (κ1) is 27.7. The van der Waals surface area contributed by atoms with E-state index in [1.54, 1.807) is 29.2 Å². The number of para-hydroxylation sites is 1. The fraction of sp³-hybridized carbons (Fsp3) is 0.250. The van der Waals surface area contributed by atoms with Crippen molar-refractivity contribution in [2.24, 2.45) is 0 Å². The van der Waals surface area contributed by atoms with Crippen LogP contribution in [0.5, 0.6) is 0 Å². The van der Waals surface area contributed by atoms with E-state index in [-0.39, 0.29) is 29.4 Å². The average molecular weight is 602 g/mol. The predicted octanol–water partition coefficient (Wildman–Crippen LogP) is 6.23. The molecule has 1 atom stereocenters. The smallest absolute Gasteiger partial charge is 0.240 e. The summed E-state index contributed by atoms with van der Waals surface area (Å²) in [7, 11) is 1.62. The second kappa shape index (κ2) is 12.6. The summed E-state index contributed by atoms with van der Waals surface area (Å²) in [4.78, 5) is 29.2. The van der Waals surface area contributed by atoms with Gasteiger partial charge in [0.15, 0.2) is 0 Å². The molecule has 2 aromatic heterocycles. The zero-order chi connectivity index (χ0) is 27.4. The normalized spacial score (nSPS) is 15.2. The lowest BCUT2D eigenvalue weighted by molar-refractivity contribution is -0.122. The third-order valence-electron chi connectivity index (χ3n) is 6.22. The Morgan fingerprint density at radius 2 is 2.00 bits per heavy atom. The largest absolute Gasteiger partial charge is 0.385 e. The Bertz CT molecular complexity index is 1480. The SMILES string of the molecule is COCCCNC(=O)CN1C(=O)CS[C@H](c2cccc(Cl)c2)c2c(-c3cccs3)nn(-c3ccccc3Cl)c21. The standard InChI is InChI=1S/C28H26Cl2N4O3S2/c1-37-13-6-12-31-23(35)16-33-24(36)17-39-27(18-7-4-8-19(29)15-18)25-26(22-11-5-14-38-22)32-34(28(25)33)21-10-3-2-9-20(21)30/h2-5,7-11,14-15,27H,6,12-13,16-17H2,1H3,(H,31,35)/t27-/m1/s1. The number of hydrogen-bond donors (Lipinski definition) is 1. The lowest BCUT2D eigenvalue weighted by atomic mass is 10.0. The van der Waals surface area contributed by atoms with Crippen LogP contribution in [0.2, 0.25) is 10.0 Å². The third kappa shape index (κ3) is 6.02. The molecule has 4 aromatic rings. The van der Waals surface area contributed by atoms with Crippen LogP contribution in [0.25, 0.3) is 16.3 Å². The van der Waals surface area contributed by atoms with Crippen molar-refractivity contribution in [1.29, 1.82) is 0 Å². The van der Waals surface area contributed by atoms with Gasteiger partial charge in [-0.25, -0.2) is 4.68 Å². The Labute approximate surface area is 245 Å². The van der Waals surface area contributed by atoms with Gasteiger partial charge < -0.3 is 10.1 Å². The van der Waals surface area contributed by atoms with Crippen molar-refractivity contribution in [2.75, 3.05) is 37.5 Å². The average Bonchev–Trinajstić information content (AvgIpc) is 3.56. The number of anilines is 1. The van der Waals surface area contributed by atoms with Gasteiger partial charge in [0.05, 0.1) is 26.6 Å². The van der Waals surface area contributed by atoms with Crippen molar-refractivity contribution >= 4 is 63.9 Å². The summed E-state index contributed by atoms with van der Waals surface area (Å²) in [5, 5.41) is 10.8. The Hall–Kier alpha value is -2.82. The Morgan fingerprint density at radius 1 is 1.15 bits per heavy atom. The van der Waals surface area contributed by atoms with E-state index in [1.165, 1.54) is 16.7 Å². The molecule has 7 nitrogen and oxygen atoms in total. The topological polar surface area (TPSA) is 76.5 Å². The van der Waals surface area contributed by atoms with Gasteiger partial charge in [0.2, 0.25) is 11.8 Å². The number of aromatic nitrogens is 2. The van der Waals surface area contributed by atoms with E-state index >= 15 is 0 Å². The van der Waals surface area contributed by atoms with Crippen molar-refractivity contribution in [3.05, 3.63) is 87.2 Å². The molecular formula is C28H26Cl2N4O3S2. The van der Waals surface area contributed by atoms with E-state index < -0.39 is 0 Å². The van der Waals surface area contributed by atoms with Gasteiger partial charge in [0, 0.05) is 30.8 Å². The Kier molecular flexibility index (Phi) is 8.94. The van der Waals surface area contributed by atoms with Gasteiger partial charge in [-0.1, -0.05) is 53.5 Å². The molecule has 39 heavy (non-hydrogen) atoms. The monoisotopic (exact) mass is 600 g/mol. The van der Waals surface area contributed by atoms with E-state index in [4.69, 9.17) is 33.0 Å². The predicted molar refractivity (Wildman–Crippen MR) is 159 cm³/mol. The minimum Gasteiger partial charge on any atom is -0.385 e. The molecule has 11 heteroatoms. The molecule has 0 fully saturated rings. The number of rotatable bonds is 9. The van der Waals surface area contributed by atoms with Crippen molar-refractivity contribution in [1.82, 2.24) is 15.1 Å². The number of nitrogens with one attached hydrogen (secondary N) is 1. The number of carbonyl (C=O) groups is 2. The Balaban J connectivity index is 1.71. The first-order valence-electron chi connectivity index (χ1n) is 12.3. The van der Waals surface area contributed by atoms with Crippen molar-refractivity contribution < 1.29 is 14.3 Å². The number of nitrogens with zero attached hydrogens (tertiary/aromatic N) is 3. The van der Waals surface area contributed by atoms with Crippen LogP contribution in [0.15, 0.2) is 66.0 Å². The lowest BCUT2D eigenvalue weighted by Gasteiger charge is -2.23. The maximum Gasteiger partial charge on any atom is 0.240 e. The minimum atomic E-state index is -0.263. The molecule has 3 heterocycles. The maximum atomic E-state index is 13.7. The Morgan fingerprint density at radius 3 is 2.74 bits per heavy atom. The second-order valence-corrected chi connectivity index (χ2v) is 11.7. The summed E-state index contributed by atoms with van der Waals surface area (Å²) in [6, 6.07) is 19.0. The fourth-order valence-corrected chi connectivity index (χ4v) is 6.81. The van der Waals surface area contributed by atoms with Crippen molar-refractivity contribution in [3.8, 4) is 16.3 Å². The van der Waals surface area contributed by atoms with Gasteiger partial charge in [0.25, 0.3) is 0 Å². The van der Waals surface area contributed by atoms with E-state index in [0.717, 1.165) is 21.7 Å². The van der Waals surface area contributed by atoms with Crippen LogP contribution in [-0.4, -0.2) is 54.2 Å². The highest BCUT2D eigenvalue weighted by atomic mass is 35.5. The van der Waals surface area contributed by atoms with Crippen molar-refractivity contribution in [2.45, 2.75) is 11.7 Å². The highest BCUT2D eigenvalue weighted by molar-refractivity contribution is 8.00. The molecule has 2 amide bonds. The summed E-state index contributed by atoms with van der Waals surface area (Å²) in [5.74, 6) is 0.248. The van der Waals surface area contributed by atoms with E-state index in [9.17, 15) is 9.59 Å². The number of ether oxygens (including phenoxy) is 1. The van der Waals surface area contributed by atoms with Gasteiger partial charge >= 0.3 is 0 Å². The molecule has 0 spiro atoms. The van der Waals surface area contributed by atoms with Crippen molar-refractivity contribution in [3.63, 3.8) is 0 Å². The molecule has 0 saturated carbocycles. The molecule has 1 aliphatic rings. The molecular weight excluding hydrogens is 575 g/mol. The summed E-state index contributed by atoms with van der Waals surface area (Å²) in [6.45, 7) is 0.835. The molecule has 2 aromatic carbocycles. The molecule has 5 rings (SSSR count). The first-order valence-corrected chi connectivity index (χ1v) is 15.0. The highest BCUT2D eigenvalue weighted by Crippen LogP contribution is 2.49. The van der Waals surface area contributed by atoms with Crippen LogP contribution in [0.3, 0.4) is 0 Å². The summed E-state index contributed by atoms with van der Waals surface area (Å²) < 4.78 is 6.78. The summed E-state index contributed by atoms with van der Waals surface area (Å²) in [5.41, 5.74) is 3.14. The number of halogens is 2. The summed E-state index contributed by atoms with van der Waals surface area (Å²) in [6.07, 6.45) is 0.675. The molecule has 1 N–H and O–H groups in total. The van der Waals surface area contributed by atoms with Gasteiger partial charge in [0.1, 0.15) is 18.1 Å². The number of methoxy groups -OCH3 is 1. The van der Waals surface area contributed by atoms with Gasteiger partial charge in [-0.2, -0.15) is 5.10 Å². The quantitative estimate of drug-likeness (QED) is 0.230. The summed E-state index contributed by atoms with van der Waals surface area (Å²) >= 11 is 16.1. The second-order valence-electron chi connectivity index (χ2n) is 8.85. The number of thioether (sulfide) groups is 1. The minimum absolute atomic E-state index is 0.151. The third-order valence-corrected chi connectivity index (χ3v) is 8.91. The number of amides is 2. The van der Waals surface area contributed by atoms with E-state index in [2.05, 4.69) is 5.32 Å². The number of hydrogen-bond acceptors (Lipinski definition) is 6. The molecule has 0 unspecified atom stereocenters. The van der Waals surface area contributed by atoms with E-state index in [1.807, 2.05) is 60.0 Å². The number of benzene rings is 2. The number of fused-ring (bicyclic) bond motifs is 1. The van der Waals surface area contributed by atoms with Gasteiger partial charge in [-0.15, -0.1) is 23.1 Å². The van der Waals surface area contributed by atoms with Crippen LogP contribution >= 0.6 is 46.3 Å². The maximum absolute atomic E-state index is 13.7. The first-order chi connectivity index (χ1) is 19.0. The van der Waals surface area contributed by atoms with Gasteiger partial charge in [-0.05, 0) is 47.7 Å². The lowest BCUT2D eigenvalue weighted by Crippen LogP contribution is -2.42. The fourth-order valence-electron chi connectivity index (χ4n) is 4.48. The zero-order valence-electron chi connectivity index (χ0n) is 21.1. The number of thiophene rings is 1.